The number of aromatic nitrogens is 3. The van der Waals surface area contributed by atoms with Crippen LogP contribution >= 0.6 is 0 Å². The zero-order chi connectivity index (χ0) is 18.4. The van der Waals surface area contributed by atoms with E-state index in [9.17, 15) is 9.59 Å². The van der Waals surface area contributed by atoms with Crippen LogP contribution in [0.5, 0.6) is 5.88 Å². The Bertz CT molecular complexity index is 857. The fraction of sp³-hybridized carbons (Fsp3) is 0.278. The summed E-state index contributed by atoms with van der Waals surface area (Å²) in [5.74, 6) is 0.194. The largest absolute Gasteiger partial charge is 0.482 e. The molecule has 0 bridgehead atoms. The van der Waals surface area contributed by atoms with Gasteiger partial charge in [-0.2, -0.15) is 0 Å². The van der Waals surface area contributed by atoms with Crippen molar-refractivity contribution in [2.45, 2.75) is 20.3 Å². The number of hydrogen-bond acceptors (Lipinski definition) is 5. The molecular formula is C18H21N3O4. The van der Waals surface area contributed by atoms with Crippen LogP contribution in [-0.2, 0) is 11.2 Å². The van der Waals surface area contributed by atoms with E-state index in [4.69, 9.17) is 9.47 Å². The summed E-state index contributed by atoms with van der Waals surface area (Å²) >= 11 is 0. The summed E-state index contributed by atoms with van der Waals surface area (Å²) in [6.45, 7) is 3.87. The molecule has 0 aliphatic heterocycles. The number of methoxy groups -OCH3 is 2. The van der Waals surface area contributed by atoms with Gasteiger partial charge in [-0.05, 0) is 32.4 Å². The van der Waals surface area contributed by atoms with Crippen LogP contribution in [-0.4, -0.2) is 35.1 Å². The van der Waals surface area contributed by atoms with Crippen molar-refractivity contribution < 1.29 is 14.3 Å². The Kier molecular flexibility index (Phi) is 5.94. The van der Waals surface area contributed by atoms with Crippen molar-refractivity contribution >= 4 is 18.1 Å². The average Bonchev–Trinajstić information content (AvgIpc) is 3.11. The number of aromatic amines is 2. The van der Waals surface area contributed by atoms with Crippen LogP contribution in [0.25, 0.3) is 12.2 Å². The minimum atomic E-state index is -0.707. The van der Waals surface area contributed by atoms with Gasteiger partial charge >= 0.3 is 5.97 Å². The van der Waals surface area contributed by atoms with Crippen LogP contribution in [0.1, 0.15) is 41.3 Å². The molecule has 7 nitrogen and oxygen atoms in total. The molecule has 0 radical (unpaired) electrons. The van der Waals surface area contributed by atoms with Crippen molar-refractivity contribution in [3.63, 3.8) is 0 Å². The number of carbonyl (C=O) groups is 1. The molecule has 0 saturated heterocycles. The number of carbonyl (C=O) groups excluding carboxylic acids is 1. The maximum atomic E-state index is 12.9. The Labute approximate surface area is 145 Å². The van der Waals surface area contributed by atoms with E-state index in [1.165, 1.54) is 14.2 Å². The number of hydrogen-bond donors (Lipinski definition) is 2. The fourth-order valence-electron chi connectivity index (χ4n) is 2.26. The maximum absolute atomic E-state index is 12.9. The lowest BCUT2D eigenvalue weighted by Crippen LogP contribution is -2.23. The van der Waals surface area contributed by atoms with E-state index in [2.05, 4.69) is 15.0 Å². The molecule has 132 valence electrons. The molecule has 2 aromatic heterocycles. The van der Waals surface area contributed by atoms with Gasteiger partial charge in [-0.15, -0.1) is 0 Å². The molecule has 2 heterocycles. The third-order valence-corrected chi connectivity index (χ3v) is 3.53. The number of ether oxygens (including phenoxy) is 2. The van der Waals surface area contributed by atoms with Crippen molar-refractivity contribution in [1.29, 1.82) is 0 Å². The van der Waals surface area contributed by atoms with E-state index >= 15 is 0 Å². The van der Waals surface area contributed by atoms with E-state index in [-0.39, 0.29) is 5.56 Å². The van der Waals surface area contributed by atoms with Gasteiger partial charge in [0.1, 0.15) is 11.4 Å². The molecule has 0 unspecified atom stereocenters. The summed E-state index contributed by atoms with van der Waals surface area (Å²) < 4.78 is 10.1. The van der Waals surface area contributed by atoms with Gasteiger partial charge in [-0.1, -0.05) is 11.6 Å². The smallest absolute Gasteiger partial charge is 0.344 e. The lowest BCUT2D eigenvalue weighted by Gasteiger charge is -2.11. The Morgan fingerprint density at radius 3 is 2.60 bits per heavy atom. The van der Waals surface area contributed by atoms with Crippen LogP contribution in [0.2, 0.25) is 0 Å². The third-order valence-electron chi connectivity index (χ3n) is 3.53. The third kappa shape index (κ3) is 4.26. The van der Waals surface area contributed by atoms with Crippen LogP contribution in [0.15, 0.2) is 28.8 Å². The Hall–Kier alpha value is -3.09. The van der Waals surface area contributed by atoms with E-state index in [1.54, 1.807) is 24.5 Å². The molecule has 0 saturated carbocycles. The second-order valence-electron chi connectivity index (χ2n) is 5.54. The lowest BCUT2D eigenvalue weighted by atomic mass is 10.0. The molecule has 2 N–H and O–H groups in total. The highest BCUT2D eigenvalue weighted by Gasteiger charge is 2.21. The first-order chi connectivity index (χ1) is 12.0. The Morgan fingerprint density at radius 1 is 1.28 bits per heavy atom. The summed E-state index contributed by atoms with van der Waals surface area (Å²) in [5.41, 5.74) is 1.25. The minimum Gasteiger partial charge on any atom is -0.482 e. The van der Waals surface area contributed by atoms with E-state index in [1.807, 2.05) is 19.9 Å². The number of nitrogens with zero attached hydrogens (tertiary/aromatic N) is 1. The van der Waals surface area contributed by atoms with Crippen molar-refractivity contribution in [1.82, 2.24) is 15.0 Å². The second kappa shape index (κ2) is 8.14. The summed E-state index contributed by atoms with van der Waals surface area (Å²) in [4.78, 5) is 35.0. The lowest BCUT2D eigenvalue weighted by molar-refractivity contribution is 0.0598. The molecule has 0 aliphatic rings. The topological polar surface area (TPSA) is 97.1 Å². The standard InChI is InChI=1S/C18H21N3O4/c1-11(2)5-6-12-16(22)15(18(23)25-4)13(21-17(12)24-3)7-8-14-19-9-10-20-14/h5,7-10H,6H2,1-4H3,(H,19,20)(H,21,22)/b8-7-. The maximum Gasteiger partial charge on any atom is 0.344 e. The molecule has 0 atom stereocenters. The van der Waals surface area contributed by atoms with Crippen molar-refractivity contribution in [2.75, 3.05) is 14.2 Å². The van der Waals surface area contributed by atoms with Gasteiger partial charge < -0.3 is 19.4 Å². The van der Waals surface area contributed by atoms with Crippen LogP contribution in [0.4, 0.5) is 0 Å². The number of H-pyrrole nitrogens is 2. The number of nitrogens with one attached hydrogen (secondary N) is 2. The van der Waals surface area contributed by atoms with Gasteiger partial charge in [0.15, 0.2) is 5.88 Å². The molecule has 7 heteroatoms. The van der Waals surface area contributed by atoms with Crippen LogP contribution in [0.3, 0.4) is 0 Å². The number of rotatable bonds is 6. The fourth-order valence-corrected chi connectivity index (χ4v) is 2.26. The van der Waals surface area contributed by atoms with Gasteiger partial charge in [0, 0.05) is 12.4 Å². The second-order valence-corrected chi connectivity index (χ2v) is 5.54. The average molecular weight is 343 g/mol. The SMILES string of the molecule is COC(=O)c1c(/C=C\c2ncc[nH]2)[nH]c(OC)c(CC=C(C)C)c1=O. The first-order valence-corrected chi connectivity index (χ1v) is 7.70. The number of esters is 1. The number of imidazole rings is 1. The zero-order valence-corrected chi connectivity index (χ0v) is 14.7. The highest BCUT2D eigenvalue weighted by molar-refractivity contribution is 5.94. The molecule has 25 heavy (non-hydrogen) atoms. The molecule has 0 aromatic carbocycles. The van der Waals surface area contributed by atoms with Gasteiger partial charge in [-0.3, -0.25) is 4.79 Å². The first-order valence-electron chi connectivity index (χ1n) is 7.70. The summed E-state index contributed by atoms with van der Waals surface area (Å²) in [6, 6.07) is 0. The van der Waals surface area contributed by atoms with Crippen LogP contribution < -0.4 is 10.2 Å². The molecular weight excluding hydrogens is 322 g/mol. The quantitative estimate of drug-likeness (QED) is 0.621. The summed E-state index contributed by atoms with van der Waals surface area (Å²) in [7, 11) is 2.71. The van der Waals surface area contributed by atoms with Gasteiger partial charge in [0.05, 0.1) is 25.5 Å². The predicted octanol–water partition coefficient (Wildman–Crippen LogP) is 2.57. The molecule has 0 fully saturated rings. The first kappa shape index (κ1) is 18.3. The summed E-state index contributed by atoms with van der Waals surface area (Å²) in [6.07, 6.45) is 8.76. The molecule has 2 rings (SSSR count). The van der Waals surface area contributed by atoms with E-state index in [0.29, 0.717) is 29.4 Å². The Morgan fingerprint density at radius 2 is 2.04 bits per heavy atom. The minimum absolute atomic E-state index is 0.0664. The van der Waals surface area contributed by atoms with Crippen molar-refractivity contribution in [3.8, 4) is 5.88 Å². The highest BCUT2D eigenvalue weighted by Crippen LogP contribution is 2.19. The molecule has 0 aliphatic carbocycles. The number of allylic oxidation sites excluding steroid dienone is 2. The molecule has 0 spiro atoms. The highest BCUT2D eigenvalue weighted by atomic mass is 16.5. The Balaban J connectivity index is 2.62. The van der Waals surface area contributed by atoms with Gasteiger partial charge in [0.2, 0.25) is 5.43 Å². The normalized spacial score (nSPS) is 10.7. The van der Waals surface area contributed by atoms with Gasteiger partial charge in [-0.25, -0.2) is 9.78 Å². The summed E-state index contributed by atoms with van der Waals surface area (Å²) in [5, 5.41) is 0. The van der Waals surface area contributed by atoms with Gasteiger partial charge in [0.25, 0.3) is 0 Å². The van der Waals surface area contributed by atoms with E-state index in [0.717, 1.165) is 5.57 Å². The monoisotopic (exact) mass is 343 g/mol. The van der Waals surface area contributed by atoms with Crippen molar-refractivity contribution in [3.05, 3.63) is 56.9 Å². The molecule has 2 aromatic rings. The zero-order valence-electron chi connectivity index (χ0n) is 14.7. The van der Waals surface area contributed by atoms with Crippen molar-refractivity contribution in [2.24, 2.45) is 0 Å². The van der Waals surface area contributed by atoms with Crippen LogP contribution in [0, 0.1) is 0 Å². The molecule has 0 amide bonds. The predicted molar refractivity (Wildman–Crippen MR) is 95.6 cm³/mol. The van der Waals surface area contributed by atoms with E-state index < -0.39 is 11.4 Å². The number of pyridine rings is 1.